The number of anilines is 1. The zero-order valence-corrected chi connectivity index (χ0v) is 19.2. The summed E-state index contributed by atoms with van der Waals surface area (Å²) in [6, 6.07) is 22.6. The molecule has 4 aromatic rings. The normalized spacial score (nSPS) is 13.7. The van der Waals surface area contributed by atoms with E-state index in [0.29, 0.717) is 34.0 Å². The number of hydrogen-bond acceptors (Lipinski definition) is 5. The number of ether oxygens (including phenoxy) is 1. The Morgan fingerprint density at radius 1 is 1.06 bits per heavy atom. The third-order valence-corrected chi connectivity index (χ3v) is 6.88. The number of nitrogens with zero attached hydrogens (tertiary/aromatic N) is 3. The topological polar surface area (TPSA) is 64.4 Å². The number of thioether (sulfide) groups is 1. The Balaban J connectivity index is 1.56. The molecule has 33 heavy (non-hydrogen) atoms. The molecule has 5 rings (SSSR count). The van der Waals surface area contributed by atoms with Crippen LogP contribution in [0.15, 0.2) is 82.7 Å². The summed E-state index contributed by atoms with van der Waals surface area (Å²) < 4.78 is 6.93. The maximum Gasteiger partial charge on any atom is 0.266 e. The monoisotopic (exact) mass is 457 g/mol. The molecule has 1 aliphatic heterocycles. The first-order chi connectivity index (χ1) is 16.1. The molecule has 1 amide bonds. The Morgan fingerprint density at radius 2 is 1.85 bits per heavy atom. The Kier molecular flexibility index (Phi) is 5.64. The first kappa shape index (κ1) is 21.3. The summed E-state index contributed by atoms with van der Waals surface area (Å²) >= 11 is 1.30. The van der Waals surface area contributed by atoms with E-state index >= 15 is 0 Å². The average Bonchev–Trinajstić information content (AvgIpc) is 3.28. The van der Waals surface area contributed by atoms with Gasteiger partial charge in [0.2, 0.25) is 5.91 Å². The standard InChI is InChI=1S/C26H23N3O3S/c1-17(24(30)28-15-14-18-8-3-6-13-23(18)28)33-26-27-22-12-5-4-11-21(22)25(31)29(26)19-9-7-10-20(16-19)32-2/h3-13,16-17H,14-15H2,1-2H3. The van der Waals surface area contributed by atoms with E-state index < -0.39 is 5.25 Å². The summed E-state index contributed by atoms with van der Waals surface area (Å²) in [4.78, 5) is 33.5. The van der Waals surface area contributed by atoms with Gasteiger partial charge >= 0.3 is 0 Å². The van der Waals surface area contributed by atoms with Crippen LogP contribution in [-0.2, 0) is 11.2 Å². The number of benzene rings is 3. The molecule has 1 unspecified atom stereocenters. The number of carbonyl (C=O) groups excluding carboxylic acids is 1. The van der Waals surface area contributed by atoms with E-state index in [-0.39, 0.29) is 11.5 Å². The highest BCUT2D eigenvalue weighted by atomic mass is 32.2. The highest BCUT2D eigenvalue weighted by Crippen LogP contribution is 2.32. The molecule has 0 saturated carbocycles. The lowest BCUT2D eigenvalue weighted by Gasteiger charge is -2.22. The SMILES string of the molecule is COc1cccc(-n2c(SC(C)C(=O)N3CCc4ccccc43)nc3ccccc3c2=O)c1. The Bertz CT molecular complexity index is 1420. The average molecular weight is 458 g/mol. The van der Waals surface area contributed by atoms with Gasteiger partial charge in [0.15, 0.2) is 5.16 Å². The third-order valence-electron chi connectivity index (χ3n) is 5.84. The molecular weight excluding hydrogens is 434 g/mol. The summed E-state index contributed by atoms with van der Waals surface area (Å²) in [6.07, 6.45) is 0.849. The van der Waals surface area contributed by atoms with E-state index in [4.69, 9.17) is 9.72 Å². The number of para-hydroxylation sites is 2. The van der Waals surface area contributed by atoms with E-state index in [1.165, 1.54) is 17.3 Å². The molecule has 1 aliphatic rings. The molecule has 0 aliphatic carbocycles. The van der Waals surface area contributed by atoms with Crippen LogP contribution in [-0.4, -0.2) is 34.4 Å². The molecule has 1 aromatic heterocycles. The first-order valence-electron chi connectivity index (χ1n) is 10.8. The lowest BCUT2D eigenvalue weighted by atomic mass is 10.2. The van der Waals surface area contributed by atoms with E-state index in [9.17, 15) is 9.59 Å². The fraction of sp³-hybridized carbons (Fsp3) is 0.192. The largest absolute Gasteiger partial charge is 0.497 e. The second kappa shape index (κ2) is 8.75. The minimum atomic E-state index is -0.430. The Morgan fingerprint density at radius 3 is 2.70 bits per heavy atom. The molecule has 7 heteroatoms. The van der Waals surface area contributed by atoms with Crippen molar-refractivity contribution >= 4 is 34.3 Å². The van der Waals surface area contributed by atoms with Crippen molar-refractivity contribution in [1.29, 1.82) is 0 Å². The zero-order valence-electron chi connectivity index (χ0n) is 18.4. The quantitative estimate of drug-likeness (QED) is 0.327. The smallest absolute Gasteiger partial charge is 0.266 e. The zero-order chi connectivity index (χ0) is 22.9. The van der Waals surface area contributed by atoms with Crippen molar-refractivity contribution in [3.05, 3.63) is 88.7 Å². The molecule has 0 fully saturated rings. The van der Waals surface area contributed by atoms with Gasteiger partial charge in [-0.3, -0.25) is 14.2 Å². The summed E-state index contributed by atoms with van der Waals surface area (Å²) in [5, 5.41) is 0.568. The number of amides is 1. The van der Waals surface area contributed by atoms with Crippen LogP contribution in [0.3, 0.4) is 0 Å². The molecule has 0 spiro atoms. The van der Waals surface area contributed by atoms with Gasteiger partial charge in [0.1, 0.15) is 5.75 Å². The van der Waals surface area contributed by atoms with Crippen LogP contribution in [0.5, 0.6) is 5.75 Å². The van der Waals surface area contributed by atoms with Crippen molar-refractivity contribution < 1.29 is 9.53 Å². The number of fused-ring (bicyclic) bond motifs is 2. The number of rotatable bonds is 5. The molecule has 2 heterocycles. The van der Waals surface area contributed by atoms with Gasteiger partial charge in [-0.05, 0) is 49.2 Å². The lowest BCUT2D eigenvalue weighted by Crippen LogP contribution is -2.35. The van der Waals surface area contributed by atoms with Gasteiger partial charge in [-0.1, -0.05) is 48.2 Å². The predicted octanol–water partition coefficient (Wildman–Crippen LogP) is 4.46. The van der Waals surface area contributed by atoms with Crippen molar-refractivity contribution in [2.75, 3.05) is 18.6 Å². The van der Waals surface area contributed by atoms with Crippen LogP contribution in [0.25, 0.3) is 16.6 Å². The highest BCUT2D eigenvalue weighted by molar-refractivity contribution is 8.00. The van der Waals surface area contributed by atoms with E-state index in [0.717, 1.165) is 12.1 Å². The van der Waals surface area contributed by atoms with Gasteiger partial charge in [-0.25, -0.2) is 4.98 Å². The van der Waals surface area contributed by atoms with Gasteiger partial charge in [0.25, 0.3) is 5.56 Å². The van der Waals surface area contributed by atoms with Crippen LogP contribution in [0.4, 0.5) is 5.69 Å². The lowest BCUT2D eigenvalue weighted by molar-refractivity contribution is -0.117. The van der Waals surface area contributed by atoms with Crippen molar-refractivity contribution in [3.63, 3.8) is 0 Å². The fourth-order valence-corrected chi connectivity index (χ4v) is 5.15. The molecule has 0 radical (unpaired) electrons. The van der Waals surface area contributed by atoms with Crippen LogP contribution < -0.4 is 15.2 Å². The van der Waals surface area contributed by atoms with Crippen molar-refractivity contribution in [3.8, 4) is 11.4 Å². The number of aromatic nitrogens is 2. The summed E-state index contributed by atoms with van der Waals surface area (Å²) in [5.41, 5.74) is 3.22. The van der Waals surface area contributed by atoms with E-state index in [2.05, 4.69) is 6.07 Å². The summed E-state index contributed by atoms with van der Waals surface area (Å²) in [7, 11) is 1.59. The minimum Gasteiger partial charge on any atom is -0.497 e. The minimum absolute atomic E-state index is 0.00421. The Labute approximate surface area is 195 Å². The van der Waals surface area contributed by atoms with Crippen LogP contribution in [0, 0.1) is 0 Å². The van der Waals surface area contributed by atoms with Crippen molar-refractivity contribution in [2.45, 2.75) is 23.8 Å². The summed E-state index contributed by atoms with van der Waals surface area (Å²) in [6.45, 7) is 2.53. The van der Waals surface area contributed by atoms with Gasteiger partial charge in [0, 0.05) is 18.3 Å². The molecular formula is C26H23N3O3S. The first-order valence-corrected chi connectivity index (χ1v) is 11.7. The fourth-order valence-electron chi connectivity index (χ4n) is 4.16. The van der Waals surface area contributed by atoms with Gasteiger partial charge in [-0.15, -0.1) is 0 Å². The highest BCUT2D eigenvalue weighted by Gasteiger charge is 2.29. The second-order valence-electron chi connectivity index (χ2n) is 7.88. The molecule has 0 saturated heterocycles. The van der Waals surface area contributed by atoms with Gasteiger partial charge in [0.05, 0.1) is 29.0 Å². The Hall–Kier alpha value is -3.58. The van der Waals surface area contributed by atoms with Crippen LogP contribution in [0.2, 0.25) is 0 Å². The van der Waals surface area contributed by atoms with Crippen molar-refractivity contribution in [1.82, 2.24) is 9.55 Å². The maximum atomic E-state index is 13.5. The molecule has 166 valence electrons. The molecule has 6 nitrogen and oxygen atoms in total. The predicted molar refractivity (Wildman–Crippen MR) is 132 cm³/mol. The van der Waals surface area contributed by atoms with Gasteiger partial charge in [-0.2, -0.15) is 0 Å². The second-order valence-corrected chi connectivity index (χ2v) is 9.19. The van der Waals surface area contributed by atoms with Crippen LogP contribution in [0.1, 0.15) is 12.5 Å². The molecule has 1 atom stereocenters. The molecule has 0 N–H and O–H groups in total. The number of methoxy groups -OCH3 is 1. The van der Waals surface area contributed by atoms with Crippen LogP contribution >= 0.6 is 11.8 Å². The molecule has 0 bridgehead atoms. The van der Waals surface area contributed by atoms with E-state index in [1.54, 1.807) is 23.8 Å². The molecule has 3 aromatic carbocycles. The summed E-state index contributed by atoms with van der Waals surface area (Å²) in [5.74, 6) is 0.644. The number of hydrogen-bond donors (Lipinski definition) is 0. The van der Waals surface area contributed by atoms with Crippen molar-refractivity contribution in [2.24, 2.45) is 0 Å². The maximum absolute atomic E-state index is 13.5. The van der Waals surface area contributed by atoms with E-state index in [1.807, 2.05) is 66.4 Å². The number of carbonyl (C=O) groups is 1. The third kappa shape index (κ3) is 3.89. The van der Waals surface area contributed by atoms with Gasteiger partial charge < -0.3 is 9.64 Å².